The van der Waals surface area contributed by atoms with Gasteiger partial charge in [0, 0.05) is 5.56 Å². The molecular formula is C12H17NO3. The Bertz CT molecular complexity index is 341. The van der Waals surface area contributed by atoms with Gasteiger partial charge in [-0.2, -0.15) is 0 Å². The van der Waals surface area contributed by atoms with Gasteiger partial charge in [0.2, 0.25) is 0 Å². The van der Waals surface area contributed by atoms with Crippen molar-refractivity contribution < 1.29 is 15.0 Å². The van der Waals surface area contributed by atoms with Crippen molar-refractivity contribution in [1.82, 2.24) is 5.32 Å². The first kappa shape index (κ1) is 12.8. The first-order valence-corrected chi connectivity index (χ1v) is 5.25. The molecule has 1 rings (SSSR count). The van der Waals surface area contributed by atoms with E-state index in [4.69, 9.17) is 0 Å². The lowest BCUT2D eigenvalue weighted by Crippen LogP contribution is -2.23. The van der Waals surface area contributed by atoms with Gasteiger partial charge >= 0.3 is 0 Å². The molecule has 0 aliphatic rings. The molecule has 1 aromatic rings. The van der Waals surface area contributed by atoms with Crippen LogP contribution in [0.5, 0.6) is 0 Å². The molecule has 0 fully saturated rings. The lowest BCUT2D eigenvalue weighted by Gasteiger charge is -2.18. The van der Waals surface area contributed by atoms with Crippen LogP contribution in [0.25, 0.3) is 0 Å². The van der Waals surface area contributed by atoms with E-state index in [1.165, 1.54) is 0 Å². The predicted octanol–water partition coefficient (Wildman–Crippen LogP) is 0.503. The summed E-state index contributed by atoms with van der Waals surface area (Å²) >= 11 is 0. The fourth-order valence-electron chi connectivity index (χ4n) is 1.49. The number of aliphatic hydroxyl groups excluding tert-OH is 2. The van der Waals surface area contributed by atoms with Gasteiger partial charge in [-0.1, -0.05) is 18.2 Å². The first-order valence-electron chi connectivity index (χ1n) is 5.25. The van der Waals surface area contributed by atoms with Gasteiger partial charge in [-0.25, -0.2) is 0 Å². The van der Waals surface area contributed by atoms with Crippen LogP contribution in [0.4, 0.5) is 0 Å². The molecule has 0 spiro atoms. The Hall–Kier alpha value is -1.23. The fourth-order valence-corrected chi connectivity index (χ4v) is 1.49. The zero-order chi connectivity index (χ0) is 12.0. The van der Waals surface area contributed by atoms with Crippen LogP contribution in [0.3, 0.4) is 0 Å². The summed E-state index contributed by atoms with van der Waals surface area (Å²) in [6.45, 7) is 0.631. The third-order valence-corrected chi connectivity index (χ3v) is 2.44. The van der Waals surface area contributed by atoms with Gasteiger partial charge in [-0.3, -0.25) is 4.79 Å². The van der Waals surface area contributed by atoms with Crippen LogP contribution in [0.1, 0.15) is 28.4 Å². The highest BCUT2D eigenvalue weighted by Crippen LogP contribution is 2.19. The number of carbonyl (C=O) groups excluding carboxylic acids is 1. The SMILES string of the molecule is CNCCC(O)C(O)c1cccc(C=O)c1. The van der Waals surface area contributed by atoms with Crippen LogP contribution >= 0.6 is 0 Å². The minimum Gasteiger partial charge on any atom is -0.390 e. The van der Waals surface area contributed by atoms with E-state index in [1.807, 2.05) is 0 Å². The number of carbonyl (C=O) groups is 1. The third kappa shape index (κ3) is 3.41. The number of hydrogen-bond donors (Lipinski definition) is 3. The van der Waals surface area contributed by atoms with Crippen LogP contribution in [-0.2, 0) is 0 Å². The lowest BCUT2D eigenvalue weighted by molar-refractivity contribution is 0.0140. The molecule has 2 atom stereocenters. The smallest absolute Gasteiger partial charge is 0.150 e. The van der Waals surface area contributed by atoms with Crippen LogP contribution in [0, 0.1) is 0 Å². The van der Waals surface area contributed by atoms with Crippen molar-refractivity contribution >= 4 is 6.29 Å². The second-order valence-corrected chi connectivity index (χ2v) is 3.69. The van der Waals surface area contributed by atoms with E-state index >= 15 is 0 Å². The molecule has 0 heterocycles. The van der Waals surface area contributed by atoms with Crippen molar-refractivity contribution in [2.24, 2.45) is 0 Å². The summed E-state index contributed by atoms with van der Waals surface area (Å²) < 4.78 is 0. The molecule has 0 saturated carbocycles. The maximum Gasteiger partial charge on any atom is 0.150 e. The molecule has 0 bridgehead atoms. The molecule has 1 aromatic carbocycles. The standard InChI is InChI=1S/C12H17NO3/c1-13-6-5-11(15)12(16)10-4-2-3-9(7-10)8-14/h2-4,7-8,11-13,15-16H,5-6H2,1H3. The molecule has 3 N–H and O–H groups in total. The number of benzene rings is 1. The van der Waals surface area contributed by atoms with Crippen molar-refractivity contribution in [3.05, 3.63) is 35.4 Å². The quantitative estimate of drug-likeness (QED) is 0.614. The van der Waals surface area contributed by atoms with E-state index in [0.717, 1.165) is 6.29 Å². The molecule has 0 aromatic heterocycles. The number of rotatable bonds is 6. The van der Waals surface area contributed by atoms with Gasteiger partial charge in [0.05, 0.1) is 6.10 Å². The topological polar surface area (TPSA) is 69.6 Å². The molecule has 0 aliphatic carbocycles. The fraction of sp³-hybridized carbons (Fsp3) is 0.417. The van der Waals surface area contributed by atoms with Gasteiger partial charge in [0.1, 0.15) is 12.4 Å². The Morgan fingerprint density at radius 3 is 2.81 bits per heavy atom. The molecule has 0 amide bonds. The lowest BCUT2D eigenvalue weighted by atomic mass is 10.0. The summed E-state index contributed by atoms with van der Waals surface area (Å²) in [6, 6.07) is 6.62. The maximum absolute atomic E-state index is 10.6. The molecule has 16 heavy (non-hydrogen) atoms. The summed E-state index contributed by atoms with van der Waals surface area (Å²) in [5, 5.41) is 22.4. The Kier molecular flexibility index (Phi) is 5.11. The Morgan fingerprint density at radius 2 is 2.19 bits per heavy atom. The normalized spacial score (nSPS) is 14.4. The molecule has 4 nitrogen and oxygen atoms in total. The van der Waals surface area contributed by atoms with Crippen molar-refractivity contribution in [3.8, 4) is 0 Å². The largest absolute Gasteiger partial charge is 0.390 e. The second-order valence-electron chi connectivity index (χ2n) is 3.69. The zero-order valence-electron chi connectivity index (χ0n) is 9.26. The van der Waals surface area contributed by atoms with Crippen molar-refractivity contribution in [2.45, 2.75) is 18.6 Å². The molecule has 4 heteroatoms. The highest BCUT2D eigenvalue weighted by molar-refractivity contribution is 5.74. The van der Waals surface area contributed by atoms with Gasteiger partial charge in [-0.05, 0) is 31.6 Å². The van der Waals surface area contributed by atoms with Crippen LogP contribution in [0.15, 0.2) is 24.3 Å². The average molecular weight is 223 g/mol. The van der Waals surface area contributed by atoms with Gasteiger partial charge in [-0.15, -0.1) is 0 Å². The van der Waals surface area contributed by atoms with Crippen molar-refractivity contribution in [3.63, 3.8) is 0 Å². The maximum atomic E-state index is 10.6. The third-order valence-electron chi connectivity index (χ3n) is 2.44. The summed E-state index contributed by atoms with van der Waals surface area (Å²) in [7, 11) is 1.78. The highest BCUT2D eigenvalue weighted by Gasteiger charge is 2.17. The van der Waals surface area contributed by atoms with E-state index in [0.29, 0.717) is 24.1 Å². The Morgan fingerprint density at radius 1 is 1.44 bits per heavy atom. The zero-order valence-corrected chi connectivity index (χ0v) is 9.26. The van der Waals surface area contributed by atoms with Gasteiger partial charge in [0.15, 0.2) is 0 Å². The minimum absolute atomic E-state index is 0.461. The minimum atomic E-state index is -0.951. The molecule has 0 saturated heterocycles. The second kappa shape index (κ2) is 6.37. The van der Waals surface area contributed by atoms with Crippen molar-refractivity contribution in [1.29, 1.82) is 0 Å². The van der Waals surface area contributed by atoms with Gasteiger partial charge < -0.3 is 15.5 Å². The predicted molar refractivity (Wildman–Crippen MR) is 61.3 cm³/mol. The van der Waals surface area contributed by atoms with E-state index in [-0.39, 0.29) is 0 Å². The Labute approximate surface area is 94.9 Å². The van der Waals surface area contributed by atoms with E-state index in [9.17, 15) is 15.0 Å². The van der Waals surface area contributed by atoms with Gasteiger partial charge in [0.25, 0.3) is 0 Å². The van der Waals surface area contributed by atoms with E-state index in [2.05, 4.69) is 5.32 Å². The first-order chi connectivity index (χ1) is 7.69. The average Bonchev–Trinajstić information content (AvgIpc) is 2.35. The highest BCUT2D eigenvalue weighted by atomic mass is 16.3. The van der Waals surface area contributed by atoms with E-state index < -0.39 is 12.2 Å². The molecule has 0 aliphatic heterocycles. The molecule has 0 radical (unpaired) electrons. The number of aliphatic hydroxyl groups is 2. The summed E-state index contributed by atoms with van der Waals surface area (Å²) in [6.07, 6.45) is -0.596. The summed E-state index contributed by atoms with van der Waals surface area (Å²) in [5.41, 5.74) is 1.06. The number of nitrogens with one attached hydrogen (secondary N) is 1. The van der Waals surface area contributed by atoms with Crippen LogP contribution < -0.4 is 5.32 Å². The molecule has 88 valence electrons. The van der Waals surface area contributed by atoms with Crippen molar-refractivity contribution in [2.75, 3.05) is 13.6 Å². The van der Waals surface area contributed by atoms with E-state index in [1.54, 1.807) is 31.3 Å². The summed E-state index contributed by atoms with van der Waals surface area (Å²) in [4.78, 5) is 10.6. The summed E-state index contributed by atoms with van der Waals surface area (Å²) in [5.74, 6) is 0. The van der Waals surface area contributed by atoms with Crippen LogP contribution in [-0.4, -0.2) is 36.2 Å². The number of aldehydes is 1. The van der Waals surface area contributed by atoms with Crippen LogP contribution in [0.2, 0.25) is 0 Å². The Balaban J connectivity index is 2.70. The molecule has 2 unspecified atom stereocenters. The number of hydrogen-bond acceptors (Lipinski definition) is 4. The molecular weight excluding hydrogens is 206 g/mol. The monoisotopic (exact) mass is 223 g/mol.